The van der Waals surface area contributed by atoms with Gasteiger partial charge in [0.2, 0.25) is 5.82 Å². The van der Waals surface area contributed by atoms with Gasteiger partial charge in [0.25, 0.3) is 0 Å². The molecule has 1 unspecified atom stereocenters. The predicted molar refractivity (Wildman–Crippen MR) is 131 cm³/mol. The van der Waals surface area contributed by atoms with Gasteiger partial charge in [0.1, 0.15) is 28.7 Å². The summed E-state index contributed by atoms with van der Waals surface area (Å²) in [7, 11) is 3.31. The Morgan fingerprint density at radius 1 is 1.21 bits per heavy atom. The van der Waals surface area contributed by atoms with Crippen LogP contribution in [0.3, 0.4) is 0 Å². The van der Waals surface area contributed by atoms with E-state index in [9.17, 15) is 5.26 Å². The lowest BCUT2D eigenvalue weighted by molar-refractivity contribution is 0.183. The Hall–Kier alpha value is -3.15. The van der Waals surface area contributed by atoms with Crippen LogP contribution < -0.4 is 4.74 Å². The van der Waals surface area contributed by atoms with Crippen molar-refractivity contribution in [3.63, 3.8) is 0 Å². The molecule has 1 atom stereocenters. The van der Waals surface area contributed by atoms with Crippen molar-refractivity contribution in [1.82, 2.24) is 19.5 Å². The number of nitrogens with one attached hydrogen (secondary N) is 1. The summed E-state index contributed by atoms with van der Waals surface area (Å²) in [5.74, 6) is 2.26. The normalized spacial score (nSPS) is 12.3. The monoisotopic (exact) mass is 507 g/mol. The highest BCUT2D eigenvalue weighted by atomic mass is 79.9. The number of methoxy groups -OCH3 is 2. The molecular weight excluding hydrogens is 482 g/mol. The summed E-state index contributed by atoms with van der Waals surface area (Å²) in [4.78, 5) is 12.5. The van der Waals surface area contributed by atoms with Crippen LogP contribution in [0.2, 0.25) is 0 Å². The SMILES string of the molecule is COCCC(c1cc(OC)c2[nH]c(-c3ccc(C(C)C)cc3)nc2c1Br)n1ccnc1C#N. The number of fused-ring (bicyclic) bond motifs is 1. The second-order valence-electron chi connectivity index (χ2n) is 8.13. The maximum Gasteiger partial charge on any atom is 0.213 e. The molecule has 0 bridgehead atoms. The highest BCUT2D eigenvalue weighted by molar-refractivity contribution is 9.10. The van der Waals surface area contributed by atoms with Gasteiger partial charge in [0.15, 0.2) is 0 Å². The van der Waals surface area contributed by atoms with Crippen molar-refractivity contribution < 1.29 is 9.47 Å². The zero-order valence-corrected chi connectivity index (χ0v) is 20.7. The predicted octanol–water partition coefficient (Wildman–Crippen LogP) is 5.82. The first-order valence-corrected chi connectivity index (χ1v) is 11.6. The molecule has 0 aliphatic rings. The van der Waals surface area contributed by atoms with Crippen LogP contribution in [0.1, 0.15) is 49.2 Å². The quantitative estimate of drug-likeness (QED) is 0.324. The molecule has 0 radical (unpaired) electrons. The van der Waals surface area contributed by atoms with Gasteiger partial charge >= 0.3 is 0 Å². The number of nitriles is 1. The first-order chi connectivity index (χ1) is 16.0. The number of nitrogens with zero attached hydrogens (tertiary/aromatic N) is 4. The molecule has 4 aromatic rings. The average molecular weight is 508 g/mol. The Labute approximate surface area is 201 Å². The van der Waals surface area contributed by atoms with Crippen molar-refractivity contribution in [2.45, 2.75) is 32.2 Å². The Balaban J connectivity index is 1.86. The number of H-pyrrole nitrogens is 1. The van der Waals surface area contributed by atoms with Gasteiger partial charge < -0.3 is 19.0 Å². The molecule has 0 amide bonds. The van der Waals surface area contributed by atoms with Gasteiger partial charge in [-0.1, -0.05) is 38.1 Å². The van der Waals surface area contributed by atoms with E-state index in [0.29, 0.717) is 30.5 Å². The Morgan fingerprint density at radius 3 is 2.61 bits per heavy atom. The zero-order valence-electron chi connectivity index (χ0n) is 19.1. The van der Waals surface area contributed by atoms with E-state index in [4.69, 9.17) is 14.5 Å². The Bertz CT molecular complexity index is 1300. The molecular formula is C25H26BrN5O2. The second kappa shape index (κ2) is 9.77. The molecule has 0 aliphatic carbocycles. The lowest BCUT2D eigenvalue weighted by Gasteiger charge is -2.22. The number of halogens is 1. The number of imidazole rings is 2. The minimum atomic E-state index is -0.180. The molecule has 4 rings (SSSR count). The second-order valence-corrected chi connectivity index (χ2v) is 8.93. The molecule has 0 saturated heterocycles. The Kier molecular flexibility index (Phi) is 6.82. The van der Waals surface area contributed by atoms with Crippen molar-refractivity contribution in [2.24, 2.45) is 0 Å². The third-order valence-electron chi connectivity index (χ3n) is 5.83. The first kappa shape index (κ1) is 23.0. The van der Waals surface area contributed by atoms with Crippen LogP contribution >= 0.6 is 15.9 Å². The minimum absolute atomic E-state index is 0.180. The lowest BCUT2D eigenvalue weighted by Crippen LogP contribution is -2.15. The van der Waals surface area contributed by atoms with Gasteiger partial charge in [-0.15, -0.1) is 0 Å². The number of rotatable bonds is 8. The number of benzene rings is 2. The number of hydrogen-bond acceptors (Lipinski definition) is 5. The molecule has 8 heteroatoms. The van der Waals surface area contributed by atoms with Crippen molar-refractivity contribution >= 4 is 27.0 Å². The van der Waals surface area contributed by atoms with Crippen molar-refractivity contribution in [3.05, 3.63) is 64.1 Å². The summed E-state index contributed by atoms with van der Waals surface area (Å²) >= 11 is 3.79. The van der Waals surface area contributed by atoms with Crippen molar-refractivity contribution in [1.29, 1.82) is 5.26 Å². The fraction of sp³-hybridized carbons (Fsp3) is 0.320. The molecule has 0 spiro atoms. The van der Waals surface area contributed by atoms with Crippen LogP contribution in [-0.4, -0.2) is 40.3 Å². The third-order valence-corrected chi connectivity index (χ3v) is 6.66. The Morgan fingerprint density at radius 2 is 1.97 bits per heavy atom. The van der Waals surface area contributed by atoms with E-state index in [1.54, 1.807) is 20.4 Å². The van der Waals surface area contributed by atoms with Crippen LogP contribution in [0.25, 0.3) is 22.4 Å². The molecule has 0 aliphatic heterocycles. The van der Waals surface area contributed by atoms with E-state index in [0.717, 1.165) is 32.5 Å². The number of aromatic amines is 1. The van der Waals surface area contributed by atoms with E-state index in [1.807, 2.05) is 16.8 Å². The van der Waals surface area contributed by atoms with Crippen LogP contribution in [0.5, 0.6) is 5.75 Å². The van der Waals surface area contributed by atoms with Gasteiger partial charge in [-0.25, -0.2) is 9.97 Å². The van der Waals surface area contributed by atoms with Gasteiger partial charge in [-0.2, -0.15) is 5.26 Å². The molecule has 2 aromatic carbocycles. The summed E-state index contributed by atoms with van der Waals surface area (Å²) in [6, 6.07) is 12.4. The maximum absolute atomic E-state index is 9.54. The van der Waals surface area contributed by atoms with E-state index in [2.05, 4.69) is 70.1 Å². The first-order valence-electron chi connectivity index (χ1n) is 10.8. The number of hydrogen-bond donors (Lipinski definition) is 1. The number of aromatic nitrogens is 4. The van der Waals surface area contributed by atoms with E-state index < -0.39 is 0 Å². The molecule has 2 heterocycles. The number of ether oxygens (including phenoxy) is 2. The van der Waals surface area contributed by atoms with Gasteiger partial charge in [-0.05, 0) is 45.5 Å². The van der Waals surface area contributed by atoms with E-state index in [1.165, 1.54) is 5.56 Å². The molecule has 170 valence electrons. The average Bonchev–Trinajstić information content (AvgIpc) is 3.48. The smallest absolute Gasteiger partial charge is 0.213 e. The minimum Gasteiger partial charge on any atom is -0.494 e. The van der Waals surface area contributed by atoms with Gasteiger partial charge in [-0.3, -0.25) is 0 Å². The van der Waals surface area contributed by atoms with Crippen LogP contribution in [0.4, 0.5) is 0 Å². The van der Waals surface area contributed by atoms with Gasteiger partial charge in [0, 0.05) is 31.7 Å². The lowest BCUT2D eigenvalue weighted by atomic mass is 10.0. The summed E-state index contributed by atoms with van der Waals surface area (Å²) < 4.78 is 13.8. The fourth-order valence-electron chi connectivity index (χ4n) is 4.01. The standard InChI is InChI=1S/C25H26BrN5O2/c1-15(2)16-5-7-17(8-6-16)25-29-23-20(33-4)13-18(22(26)24(23)30-25)19(9-12-32-3)31-11-10-28-21(31)14-27/h5-8,10-11,13,15,19H,9,12H2,1-4H3,(H,29,30). The van der Waals surface area contributed by atoms with Crippen molar-refractivity contribution in [3.8, 4) is 23.2 Å². The molecule has 33 heavy (non-hydrogen) atoms. The third kappa shape index (κ3) is 4.39. The zero-order chi connectivity index (χ0) is 23.5. The van der Waals surface area contributed by atoms with E-state index in [-0.39, 0.29) is 6.04 Å². The van der Waals surface area contributed by atoms with Crippen LogP contribution in [0, 0.1) is 11.3 Å². The highest BCUT2D eigenvalue weighted by Gasteiger charge is 2.24. The highest BCUT2D eigenvalue weighted by Crippen LogP contribution is 2.40. The maximum atomic E-state index is 9.54. The summed E-state index contributed by atoms with van der Waals surface area (Å²) in [5, 5.41) is 9.54. The summed E-state index contributed by atoms with van der Waals surface area (Å²) in [6.07, 6.45) is 4.10. The molecule has 1 N–H and O–H groups in total. The van der Waals surface area contributed by atoms with E-state index >= 15 is 0 Å². The van der Waals surface area contributed by atoms with Crippen LogP contribution in [-0.2, 0) is 4.74 Å². The summed E-state index contributed by atoms with van der Waals surface area (Å²) in [5.41, 5.74) is 4.81. The van der Waals surface area contributed by atoms with Gasteiger partial charge in [0.05, 0.1) is 17.6 Å². The fourth-order valence-corrected chi connectivity index (χ4v) is 4.68. The largest absolute Gasteiger partial charge is 0.494 e. The van der Waals surface area contributed by atoms with Crippen molar-refractivity contribution in [2.75, 3.05) is 20.8 Å². The summed E-state index contributed by atoms with van der Waals surface area (Å²) in [6.45, 7) is 4.88. The van der Waals surface area contributed by atoms with Crippen LogP contribution in [0.15, 0.2) is 47.2 Å². The molecule has 0 saturated carbocycles. The topological polar surface area (TPSA) is 88.8 Å². The molecule has 0 fully saturated rings. The molecule has 7 nitrogen and oxygen atoms in total. The molecule has 2 aromatic heterocycles.